The van der Waals surface area contributed by atoms with Crippen molar-refractivity contribution in [3.63, 3.8) is 0 Å². The molecule has 0 aromatic heterocycles. The molecule has 0 aliphatic heterocycles. The standard InChI is InChI=1S/C7H13N3/c1-3-10-5-4-7(9)6(2)8/h3-5H,8-9H2,1-2H3/b5-4-,7-6-,10-3?. The molecule has 0 saturated carbocycles. The average Bonchev–Trinajstić information content (AvgIpc) is 1.88. The molecule has 0 aliphatic rings. The summed E-state index contributed by atoms with van der Waals surface area (Å²) in [5.74, 6) is 0. The van der Waals surface area contributed by atoms with Gasteiger partial charge in [-0.25, -0.2) is 0 Å². The minimum atomic E-state index is 0.561. The van der Waals surface area contributed by atoms with Crippen molar-refractivity contribution >= 4 is 6.21 Å². The van der Waals surface area contributed by atoms with Crippen LogP contribution in [0.15, 0.2) is 28.7 Å². The van der Waals surface area contributed by atoms with Crippen molar-refractivity contribution in [1.29, 1.82) is 0 Å². The first kappa shape index (κ1) is 8.75. The van der Waals surface area contributed by atoms with Crippen LogP contribution in [0.5, 0.6) is 0 Å². The van der Waals surface area contributed by atoms with Crippen LogP contribution in [0.2, 0.25) is 0 Å². The predicted molar refractivity (Wildman–Crippen MR) is 44.4 cm³/mol. The van der Waals surface area contributed by atoms with Crippen molar-refractivity contribution in [2.24, 2.45) is 16.5 Å². The van der Waals surface area contributed by atoms with E-state index in [1.54, 1.807) is 25.4 Å². The van der Waals surface area contributed by atoms with Crippen molar-refractivity contribution < 1.29 is 0 Å². The second kappa shape index (κ2) is 4.61. The Bertz CT molecular complexity index is 173. The lowest BCUT2D eigenvalue weighted by Gasteiger charge is -1.92. The van der Waals surface area contributed by atoms with Crippen molar-refractivity contribution in [3.05, 3.63) is 23.7 Å². The summed E-state index contributed by atoms with van der Waals surface area (Å²) in [6.07, 6.45) is 4.94. The summed E-state index contributed by atoms with van der Waals surface area (Å²) in [6.45, 7) is 3.58. The summed E-state index contributed by atoms with van der Waals surface area (Å²) in [4.78, 5) is 3.82. The van der Waals surface area contributed by atoms with Crippen LogP contribution >= 0.6 is 0 Å². The normalized spacial score (nSPS) is 14.6. The van der Waals surface area contributed by atoms with E-state index >= 15 is 0 Å². The Morgan fingerprint density at radius 1 is 1.40 bits per heavy atom. The smallest absolute Gasteiger partial charge is 0.0517 e. The second-order valence-electron chi connectivity index (χ2n) is 1.86. The summed E-state index contributed by atoms with van der Waals surface area (Å²) in [7, 11) is 0. The minimum Gasteiger partial charge on any atom is -0.401 e. The number of allylic oxidation sites excluding steroid dienone is 2. The van der Waals surface area contributed by atoms with Crippen LogP contribution in [0.25, 0.3) is 0 Å². The van der Waals surface area contributed by atoms with E-state index in [4.69, 9.17) is 11.5 Å². The quantitative estimate of drug-likeness (QED) is 0.437. The largest absolute Gasteiger partial charge is 0.401 e. The van der Waals surface area contributed by atoms with E-state index in [1.807, 2.05) is 6.92 Å². The lowest BCUT2D eigenvalue weighted by molar-refractivity contribution is 1.21. The zero-order chi connectivity index (χ0) is 7.98. The molecule has 0 rings (SSSR count). The van der Waals surface area contributed by atoms with E-state index < -0.39 is 0 Å². The molecule has 0 saturated heterocycles. The first-order chi connectivity index (χ1) is 4.68. The van der Waals surface area contributed by atoms with Gasteiger partial charge in [0, 0.05) is 18.1 Å². The lowest BCUT2D eigenvalue weighted by atomic mass is 10.3. The molecule has 10 heavy (non-hydrogen) atoms. The maximum absolute atomic E-state index is 5.45. The first-order valence-corrected chi connectivity index (χ1v) is 3.04. The van der Waals surface area contributed by atoms with Crippen LogP contribution in [-0.2, 0) is 0 Å². The third-order valence-corrected chi connectivity index (χ3v) is 0.945. The van der Waals surface area contributed by atoms with E-state index in [2.05, 4.69) is 4.99 Å². The summed E-state index contributed by atoms with van der Waals surface area (Å²) in [5.41, 5.74) is 12.0. The third-order valence-electron chi connectivity index (χ3n) is 0.945. The SMILES string of the molecule is CC=N/C=C\C(N)=C(/C)N. The predicted octanol–water partition coefficient (Wildman–Crippen LogP) is 0.740. The zero-order valence-corrected chi connectivity index (χ0v) is 6.33. The molecule has 3 nitrogen and oxygen atoms in total. The Labute approximate surface area is 61.1 Å². The highest BCUT2D eigenvalue weighted by atomic mass is 14.7. The first-order valence-electron chi connectivity index (χ1n) is 3.04. The third kappa shape index (κ3) is 3.72. The number of hydrogen-bond acceptors (Lipinski definition) is 3. The molecule has 4 N–H and O–H groups in total. The van der Waals surface area contributed by atoms with Crippen molar-refractivity contribution in [3.8, 4) is 0 Å². The van der Waals surface area contributed by atoms with Crippen molar-refractivity contribution in [2.75, 3.05) is 0 Å². The van der Waals surface area contributed by atoms with Crippen LogP contribution in [-0.4, -0.2) is 6.21 Å². The molecule has 3 heteroatoms. The molecular weight excluding hydrogens is 126 g/mol. The number of nitrogens with two attached hydrogens (primary N) is 2. The summed E-state index contributed by atoms with van der Waals surface area (Å²) >= 11 is 0. The van der Waals surface area contributed by atoms with Crippen LogP contribution in [0.1, 0.15) is 13.8 Å². The van der Waals surface area contributed by atoms with Gasteiger partial charge in [-0.1, -0.05) is 0 Å². The monoisotopic (exact) mass is 139 g/mol. The molecule has 0 unspecified atom stereocenters. The molecule has 0 bridgehead atoms. The number of aliphatic imine (C=N–C) groups is 1. The van der Waals surface area contributed by atoms with E-state index in [0.717, 1.165) is 0 Å². The van der Waals surface area contributed by atoms with Crippen molar-refractivity contribution in [1.82, 2.24) is 0 Å². The molecule has 0 spiro atoms. The lowest BCUT2D eigenvalue weighted by Crippen LogP contribution is -2.03. The van der Waals surface area contributed by atoms with E-state index in [-0.39, 0.29) is 0 Å². The zero-order valence-electron chi connectivity index (χ0n) is 6.33. The van der Waals surface area contributed by atoms with Crippen LogP contribution in [0.3, 0.4) is 0 Å². The molecule has 0 aliphatic carbocycles. The average molecular weight is 139 g/mol. The Morgan fingerprint density at radius 2 is 2.00 bits per heavy atom. The van der Waals surface area contributed by atoms with Crippen LogP contribution in [0.4, 0.5) is 0 Å². The van der Waals surface area contributed by atoms with Gasteiger partial charge in [-0.05, 0) is 19.9 Å². The van der Waals surface area contributed by atoms with Gasteiger partial charge in [0.1, 0.15) is 0 Å². The number of rotatable bonds is 2. The molecule has 0 aromatic carbocycles. The molecule has 0 atom stereocenters. The summed E-state index contributed by atoms with van der Waals surface area (Å²) in [5, 5.41) is 0. The number of nitrogens with zero attached hydrogens (tertiary/aromatic N) is 1. The fourth-order valence-electron chi connectivity index (χ4n) is 0.341. The highest BCUT2D eigenvalue weighted by Crippen LogP contribution is 1.90. The maximum atomic E-state index is 5.45. The van der Waals surface area contributed by atoms with Gasteiger partial charge in [0.2, 0.25) is 0 Å². The fraction of sp³-hybridized carbons (Fsp3) is 0.286. The molecule has 0 fully saturated rings. The molecule has 0 heterocycles. The van der Waals surface area contributed by atoms with Gasteiger partial charge in [-0.15, -0.1) is 0 Å². The summed E-state index contributed by atoms with van der Waals surface area (Å²) < 4.78 is 0. The van der Waals surface area contributed by atoms with Crippen LogP contribution < -0.4 is 11.5 Å². The Morgan fingerprint density at radius 3 is 2.40 bits per heavy atom. The Balaban J connectivity index is 4.03. The molecule has 0 radical (unpaired) electrons. The molecule has 0 amide bonds. The molecule has 56 valence electrons. The minimum absolute atomic E-state index is 0.561. The summed E-state index contributed by atoms with van der Waals surface area (Å²) in [6, 6.07) is 0. The van der Waals surface area contributed by atoms with Gasteiger partial charge in [0.15, 0.2) is 0 Å². The van der Waals surface area contributed by atoms with Crippen molar-refractivity contribution in [2.45, 2.75) is 13.8 Å². The molecule has 0 aromatic rings. The van der Waals surface area contributed by atoms with E-state index in [0.29, 0.717) is 11.4 Å². The maximum Gasteiger partial charge on any atom is 0.0517 e. The van der Waals surface area contributed by atoms with Gasteiger partial charge in [-0.3, -0.25) is 4.99 Å². The highest BCUT2D eigenvalue weighted by molar-refractivity contribution is 5.54. The number of hydrogen-bond donors (Lipinski definition) is 2. The van der Waals surface area contributed by atoms with Gasteiger partial charge in [0.05, 0.1) is 5.70 Å². The van der Waals surface area contributed by atoms with Gasteiger partial charge in [-0.2, -0.15) is 0 Å². The van der Waals surface area contributed by atoms with Gasteiger partial charge >= 0.3 is 0 Å². The highest BCUT2D eigenvalue weighted by Gasteiger charge is 1.83. The van der Waals surface area contributed by atoms with Crippen LogP contribution in [0, 0.1) is 0 Å². The van der Waals surface area contributed by atoms with Gasteiger partial charge in [0.25, 0.3) is 0 Å². The Hall–Kier alpha value is -1.25. The topological polar surface area (TPSA) is 64.4 Å². The van der Waals surface area contributed by atoms with Gasteiger partial charge < -0.3 is 11.5 Å². The Kier molecular flexibility index (Phi) is 4.04. The van der Waals surface area contributed by atoms with E-state index in [1.165, 1.54) is 0 Å². The fourth-order valence-corrected chi connectivity index (χ4v) is 0.341. The van der Waals surface area contributed by atoms with E-state index in [9.17, 15) is 0 Å². The second-order valence-corrected chi connectivity index (χ2v) is 1.86. The molecular formula is C7H13N3.